The fourth-order valence-corrected chi connectivity index (χ4v) is 1.44. The number of hydrogen-bond donors (Lipinski definition) is 0. The van der Waals surface area contributed by atoms with Crippen LogP contribution >= 0.6 is 15.9 Å². The molecule has 0 fully saturated rings. The molecule has 0 aliphatic heterocycles. The van der Waals surface area contributed by atoms with Gasteiger partial charge < -0.3 is 0 Å². The minimum absolute atomic E-state index is 0.343. The molecule has 72 valence electrons. The Morgan fingerprint density at radius 1 is 1.43 bits per heavy atom. The van der Waals surface area contributed by atoms with Crippen LogP contribution in [0.5, 0.6) is 0 Å². The Balaban J connectivity index is 2.58. The zero-order valence-corrected chi connectivity index (χ0v) is 8.86. The van der Waals surface area contributed by atoms with Gasteiger partial charge in [-0.25, -0.2) is 4.39 Å². The van der Waals surface area contributed by atoms with Crippen LogP contribution in [0.2, 0.25) is 0 Å². The maximum absolute atomic E-state index is 13.4. The van der Waals surface area contributed by atoms with E-state index < -0.39 is 0 Å². The number of aryl methyl sites for hydroxylation is 1. The lowest BCUT2D eigenvalue weighted by Crippen LogP contribution is -2.02. The minimum Gasteiger partial charge on any atom is -0.205 e. The summed E-state index contributed by atoms with van der Waals surface area (Å²) >= 11 is 3.18. The summed E-state index contributed by atoms with van der Waals surface area (Å²) in [5.74, 6) is 0.181. The van der Waals surface area contributed by atoms with Gasteiger partial charge in [0.1, 0.15) is 11.5 Å². The lowest BCUT2D eigenvalue weighted by molar-refractivity contribution is 0.604. The third kappa shape index (κ3) is 1.52. The Kier molecular flexibility index (Phi) is 2.28. The number of hydrogen-bond acceptors (Lipinski definition) is 3. The SMILES string of the molecule is Cc1nnnn1-c1ccc(Br)cc1F. The fourth-order valence-electron chi connectivity index (χ4n) is 1.11. The Labute approximate surface area is 87.9 Å². The van der Waals surface area contributed by atoms with E-state index in [-0.39, 0.29) is 5.82 Å². The van der Waals surface area contributed by atoms with Crippen molar-refractivity contribution in [1.29, 1.82) is 0 Å². The molecule has 0 aliphatic rings. The highest BCUT2D eigenvalue weighted by Crippen LogP contribution is 2.18. The molecule has 4 nitrogen and oxygen atoms in total. The van der Waals surface area contributed by atoms with E-state index >= 15 is 0 Å². The molecule has 0 amide bonds. The molecule has 0 saturated carbocycles. The van der Waals surface area contributed by atoms with Gasteiger partial charge in [-0.15, -0.1) is 5.10 Å². The summed E-state index contributed by atoms with van der Waals surface area (Å²) in [5, 5.41) is 10.8. The van der Waals surface area contributed by atoms with Gasteiger partial charge in [0.05, 0.1) is 0 Å². The molecule has 0 N–H and O–H groups in total. The van der Waals surface area contributed by atoms with Gasteiger partial charge >= 0.3 is 0 Å². The number of benzene rings is 1. The normalized spacial score (nSPS) is 10.5. The van der Waals surface area contributed by atoms with E-state index in [4.69, 9.17) is 0 Å². The number of halogens is 2. The Morgan fingerprint density at radius 2 is 2.21 bits per heavy atom. The van der Waals surface area contributed by atoms with Gasteiger partial charge in [0.2, 0.25) is 0 Å². The second kappa shape index (κ2) is 3.45. The first-order valence-corrected chi connectivity index (χ1v) is 4.68. The Hall–Kier alpha value is -1.30. The highest BCUT2D eigenvalue weighted by molar-refractivity contribution is 9.10. The zero-order chi connectivity index (χ0) is 10.1. The van der Waals surface area contributed by atoms with Crippen molar-refractivity contribution in [1.82, 2.24) is 20.2 Å². The average molecular weight is 257 g/mol. The van der Waals surface area contributed by atoms with E-state index in [1.807, 2.05) is 0 Å². The molecule has 0 unspecified atom stereocenters. The van der Waals surface area contributed by atoms with Crippen molar-refractivity contribution < 1.29 is 4.39 Å². The second-order valence-corrected chi connectivity index (χ2v) is 3.65. The molecule has 0 radical (unpaired) electrons. The molecule has 1 aromatic heterocycles. The molecular formula is C8H6BrFN4. The van der Waals surface area contributed by atoms with Gasteiger partial charge in [0.25, 0.3) is 0 Å². The zero-order valence-electron chi connectivity index (χ0n) is 7.28. The van der Waals surface area contributed by atoms with Crippen molar-refractivity contribution in [2.75, 3.05) is 0 Å². The van der Waals surface area contributed by atoms with Crippen LogP contribution in [0, 0.1) is 12.7 Å². The van der Waals surface area contributed by atoms with Crippen LogP contribution in [0.4, 0.5) is 4.39 Å². The summed E-state index contributed by atoms with van der Waals surface area (Å²) in [4.78, 5) is 0. The maximum Gasteiger partial charge on any atom is 0.153 e. The van der Waals surface area contributed by atoms with Crippen molar-refractivity contribution in [3.05, 3.63) is 34.3 Å². The third-order valence-electron chi connectivity index (χ3n) is 1.76. The van der Waals surface area contributed by atoms with Crippen LogP contribution in [-0.4, -0.2) is 20.2 Å². The van der Waals surface area contributed by atoms with Crippen LogP contribution in [0.15, 0.2) is 22.7 Å². The summed E-state index contributed by atoms with van der Waals surface area (Å²) < 4.78 is 15.5. The van der Waals surface area contributed by atoms with Crippen molar-refractivity contribution >= 4 is 15.9 Å². The van der Waals surface area contributed by atoms with E-state index in [1.54, 1.807) is 19.1 Å². The van der Waals surface area contributed by atoms with Crippen molar-refractivity contribution in [2.24, 2.45) is 0 Å². The number of rotatable bonds is 1. The molecule has 0 saturated heterocycles. The topological polar surface area (TPSA) is 43.6 Å². The quantitative estimate of drug-likeness (QED) is 0.783. The van der Waals surface area contributed by atoms with Crippen LogP contribution in [0.25, 0.3) is 5.69 Å². The monoisotopic (exact) mass is 256 g/mol. The summed E-state index contributed by atoms with van der Waals surface area (Å²) in [5.41, 5.74) is 0.343. The van der Waals surface area contributed by atoms with Gasteiger partial charge in [0.15, 0.2) is 5.82 Å². The summed E-state index contributed by atoms with van der Waals surface area (Å²) in [7, 11) is 0. The second-order valence-electron chi connectivity index (χ2n) is 2.73. The van der Waals surface area contributed by atoms with Gasteiger partial charge in [-0.2, -0.15) is 4.68 Å². The first-order chi connectivity index (χ1) is 6.68. The van der Waals surface area contributed by atoms with E-state index in [1.165, 1.54) is 10.7 Å². The molecule has 6 heteroatoms. The van der Waals surface area contributed by atoms with E-state index in [0.29, 0.717) is 16.0 Å². The largest absolute Gasteiger partial charge is 0.205 e. The number of aromatic nitrogens is 4. The minimum atomic E-state index is -0.366. The van der Waals surface area contributed by atoms with Crippen LogP contribution in [0.1, 0.15) is 5.82 Å². The van der Waals surface area contributed by atoms with Crippen molar-refractivity contribution in [3.8, 4) is 5.69 Å². The molecule has 2 rings (SSSR count). The summed E-state index contributed by atoms with van der Waals surface area (Å²) in [6.07, 6.45) is 0. The summed E-state index contributed by atoms with van der Waals surface area (Å²) in [6.45, 7) is 1.71. The third-order valence-corrected chi connectivity index (χ3v) is 2.26. The summed E-state index contributed by atoms with van der Waals surface area (Å²) in [6, 6.07) is 4.72. The van der Waals surface area contributed by atoms with Gasteiger partial charge in [-0.05, 0) is 35.5 Å². The van der Waals surface area contributed by atoms with E-state index in [0.717, 1.165) is 0 Å². The Bertz CT molecular complexity index is 468. The molecular weight excluding hydrogens is 251 g/mol. The van der Waals surface area contributed by atoms with E-state index in [2.05, 4.69) is 31.5 Å². The van der Waals surface area contributed by atoms with Crippen LogP contribution in [0.3, 0.4) is 0 Å². The predicted molar refractivity (Wildman–Crippen MR) is 51.5 cm³/mol. The number of tetrazole rings is 1. The first kappa shape index (κ1) is 9.26. The standard InChI is InChI=1S/C8H6BrFN4/c1-5-11-12-13-14(5)8-3-2-6(9)4-7(8)10/h2-4H,1H3. The van der Waals surface area contributed by atoms with Crippen molar-refractivity contribution in [2.45, 2.75) is 6.92 Å². The highest BCUT2D eigenvalue weighted by Gasteiger charge is 2.08. The molecule has 1 heterocycles. The van der Waals surface area contributed by atoms with Gasteiger partial charge in [-0.1, -0.05) is 15.9 Å². The lowest BCUT2D eigenvalue weighted by atomic mass is 10.3. The molecule has 1 aromatic carbocycles. The van der Waals surface area contributed by atoms with Crippen LogP contribution < -0.4 is 0 Å². The molecule has 2 aromatic rings. The molecule has 0 atom stereocenters. The van der Waals surface area contributed by atoms with Gasteiger partial charge in [-0.3, -0.25) is 0 Å². The first-order valence-electron chi connectivity index (χ1n) is 3.89. The molecule has 0 bridgehead atoms. The number of nitrogens with zero attached hydrogens (tertiary/aromatic N) is 4. The fraction of sp³-hybridized carbons (Fsp3) is 0.125. The lowest BCUT2D eigenvalue weighted by Gasteiger charge is -2.02. The molecule has 0 spiro atoms. The average Bonchev–Trinajstić information content (AvgIpc) is 2.52. The molecule has 14 heavy (non-hydrogen) atoms. The predicted octanol–water partition coefficient (Wildman–Crippen LogP) is 1.87. The molecule has 0 aliphatic carbocycles. The maximum atomic E-state index is 13.4. The van der Waals surface area contributed by atoms with E-state index in [9.17, 15) is 4.39 Å². The Morgan fingerprint density at radius 3 is 2.79 bits per heavy atom. The van der Waals surface area contributed by atoms with Crippen molar-refractivity contribution in [3.63, 3.8) is 0 Å². The highest BCUT2D eigenvalue weighted by atomic mass is 79.9. The van der Waals surface area contributed by atoms with Gasteiger partial charge in [0, 0.05) is 4.47 Å². The smallest absolute Gasteiger partial charge is 0.153 e. The van der Waals surface area contributed by atoms with Crippen LogP contribution in [-0.2, 0) is 0 Å².